The minimum Gasteiger partial charge on any atom is -0.474 e. The quantitative estimate of drug-likeness (QED) is 0.862. The van der Waals surface area contributed by atoms with E-state index in [9.17, 15) is 0 Å². The van der Waals surface area contributed by atoms with Crippen molar-refractivity contribution in [2.75, 3.05) is 19.7 Å². The summed E-state index contributed by atoms with van der Waals surface area (Å²) in [6, 6.07) is 8.00. The number of hydrogen-bond acceptors (Lipinski definition) is 5. The zero-order chi connectivity index (χ0) is 15.7. The van der Waals surface area contributed by atoms with Crippen molar-refractivity contribution < 1.29 is 9.47 Å². The number of rotatable bonds is 4. The lowest BCUT2D eigenvalue weighted by atomic mass is 9.84. The average Bonchev–Trinajstić information content (AvgIpc) is 2.92. The van der Waals surface area contributed by atoms with Crippen LogP contribution in [0.2, 0.25) is 0 Å². The highest BCUT2D eigenvalue weighted by molar-refractivity contribution is 7.10. The molecule has 1 spiro atoms. The molecule has 2 aromatic rings. The third-order valence-electron chi connectivity index (χ3n) is 4.73. The van der Waals surface area contributed by atoms with Crippen LogP contribution in [0.3, 0.4) is 0 Å². The van der Waals surface area contributed by atoms with E-state index in [0.29, 0.717) is 0 Å². The molecular weight excluding hydrogens is 308 g/mol. The second kappa shape index (κ2) is 6.23. The van der Waals surface area contributed by atoms with Crippen molar-refractivity contribution in [3.63, 3.8) is 0 Å². The van der Waals surface area contributed by atoms with Gasteiger partial charge in [0.1, 0.15) is 6.10 Å². The van der Waals surface area contributed by atoms with Crippen molar-refractivity contribution in [3.8, 4) is 5.88 Å². The molecule has 122 valence electrons. The first-order valence-corrected chi connectivity index (χ1v) is 9.07. The van der Waals surface area contributed by atoms with Crippen molar-refractivity contribution in [3.05, 3.63) is 46.3 Å². The number of ether oxygens (including phenoxy) is 2. The smallest absolute Gasteiger partial charge is 0.213 e. The van der Waals surface area contributed by atoms with Gasteiger partial charge in [-0.05, 0) is 30.0 Å². The highest BCUT2D eigenvalue weighted by atomic mass is 32.1. The molecule has 4 rings (SSSR count). The van der Waals surface area contributed by atoms with Crippen molar-refractivity contribution in [1.82, 2.24) is 9.88 Å². The summed E-state index contributed by atoms with van der Waals surface area (Å²) in [5.41, 5.74) is 1.39. The lowest BCUT2D eigenvalue weighted by Crippen LogP contribution is -2.65. The van der Waals surface area contributed by atoms with Crippen molar-refractivity contribution >= 4 is 11.3 Å². The standard InChI is InChI=1S/C18H22N2O2S/c1-14-6-9-23-16(14)11-20-12-18(13-20)10-15(5-8-21-18)22-17-4-2-3-7-19-17/h2-4,6-7,9,15H,5,8,10-13H2,1H3/t15-/m0/s1. The molecule has 0 N–H and O–H groups in total. The number of nitrogens with zero attached hydrogens (tertiary/aromatic N) is 2. The molecule has 0 radical (unpaired) electrons. The molecule has 2 aromatic heterocycles. The predicted octanol–water partition coefficient (Wildman–Crippen LogP) is 3.26. The molecule has 0 aromatic carbocycles. The second-order valence-electron chi connectivity index (χ2n) is 6.60. The summed E-state index contributed by atoms with van der Waals surface area (Å²) in [7, 11) is 0. The fraction of sp³-hybridized carbons (Fsp3) is 0.500. The lowest BCUT2D eigenvalue weighted by molar-refractivity contribution is -0.188. The molecule has 2 fully saturated rings. The highest BCUT2D eigenvalue weighted by Gasteiger charge is 2.48. The van der Waals surface area contributed by atoms with Gasteiger partial charge < -0.3 is 9.47 Å². The Morgan fingerprint density at radius 3 is 3.04 bits per heavy atom. The maximum absolute atomic E-state index is 6.11. The molecule has 2 saturated heterocycles. The van der Waals surface area contributed by atoms with E-state index in [-0.39, 0.29) is 11.7 Å². The first kappa shape index (κ1) is 15.1. The Morgan fingerprint density at radius 2 is 2.30 bits per heavy atom. The Hall–Kier alpha value is -1.43. The van der Waals surface area contributed by atoms with Crippen LogP contribution in [0.4, 0.5) is 0 Å². The van der Waals surface area contributed by atoms with Gasteiger partial charge in [-0.3, -0.25) is 4.90 Å². The zero-order valence-corrected chi connectivity index (χ0v) is 14.2. The fourth-order valence-electron chi connectivity index (χ4n) is 3.54. The average molecular weight is 330 g/mol. The summed E-state index contributed by atoms with van der Waals surface area (Å²) < 4.78 is 12.1. The molecule has 23 heavy (non-hydrogen) atoms. The van der Waals surface area contributed by atoms with Gasteiger partial charge in [-0.25, -0.2) is 4.98 Å². The minimum absolute atomic E-state index is 0.0111. The van der Waals surface area contributed by atoms with Crippen LogP contribution in [0.5, 0.6) is 5.88 Å². The summed E-state index contributed by atoms with van der Waals surface area (Å²) in [4.78, 5) is 8.21. The Labute approximate surface area is 141 Å². The molecule has 4 nitrogen and oxygen atoms in total. The van der Waals surface area contributed by atoms with Gasteiger partial charge in [0.05, 0.1) is 12.2 Å². The molecule has 2 aliphatic rings. The normalized spacial score (nSPS) is 23.6. The van der Waals surface area contributed by atoms with E-state index in [1.54, 1.807) is 6.20 Å². The number of hydrogen-bond donors (Lipinski definition) is 0. The molecule has 0 unspecified atom stereocenters. The lowest BCUT2D eigenvalue weighted by Gasteiger charge is -2.53. The molecule has 4 heterocycles. The second-order valence-corrected chi connectivity index (χ2v) is 7.60. The van der Waals surface area contributed by atoms with E-state index in [0.717, 1.165) is 45.0 Å². The summed E-state index contributed by atoms with van der Waals surface area (Å²) in [5, 5.41) is 2.17. The van der Waals surface area contributed by atoms with Crippen molar-refractivity contribution in [2.24, 2.45) is 0 Å². The number of aromatic nitrogens is 1. The van der Waals surface area contributed by atoms with Crippen LogP contribution in [0.15, 0.2) is 35.8 Å². The van der Waals surface area contributed by atoms with E-state index >= 15 is 0 Å². The number of pyridine rings is 1. The zero-order valence-electron chi connectivity index (χ0n) is 13.4. The molecule has 0 aliphatic carbocycles. The Bertz CT molecular complexity index is 652. The van der Waals surface area contributed by atoms with Gasteiger partial charge in [0.15, 0.2) is 0 Å². The molecule has 0 amide bonds. The SMILES string of the molecule is Cc1ccsc1CN1CC2(C[C@@H](Oc3ccccn3)CCO2)C1. The summed E-state index contributed by atoms with van der Waals surface area (Å²) in [5.74, 6) is 0.722. The van der Waals surface area contributed by atoms with Crippen LogP contribution in [0.1, 0.15) is 23.3 Å². The Morgan fingerprint density at radius 1 is 1.39 bits per heavy atom. The van der Waals surface area contributed by atoms with Gasteiger partial charge in [0, 0.05) is 49.6 Å². The van der Waals surface area contributed by atoms with Crippen molar-refractivity contribution in [1.29, 1.82) is 0 Å². The molecule has 5 heteroatoms. The van der Waals surface area contributed by atoms with E-state index in [1.807, 2.05) is 29.5 Å². The van der Waals surface area contributed by atoms with Gasteiger partial charge >= 0.3 is 0 Å². The largest absolute Gasteiger partial charge is 0.474 e. The topological polar surface area (TPSA) is 34.6 Å². The van der Waals surface area contributed by atoms with E-state index < -0.39 is 0 Å². The molecule has 1 atom stereocenters. The monoisotopic (exact) mass is 330 g/mol. The Balaban J connectivity index is 1.33. The third kappa shape index (κ3) is 3.27. The summed E-state index contributed by atoms with van der Waals surface area (Å²) >= 11 is 1.85. The van der Waals surface area contributed by atoms with E-state index in [2.05, 4.69) is 28.3 Å². The molecular formula is C18H22N2O2S. The van der Waals surface area contributed by atoms with Gasteiger partial charge in [-0.15, -0.1) is 11.3 Å². The molecule has 0 saturated carbocycles. The summed E-state index contributed by atoms with van der Waals surface area (Å²) in [6.07, 6.45) is 3.90. The Kier molecular flexibility index (Phi) is 4.09. The van der Waals surface area contributed by atoms with Crippen molar-refractivity contribution in [2.45, 2.75) is 38.0 Å². The minimum atomic E-state index is -0.0111. The highest BCUT2D eigenvalue weighted by Crippen LogP contribution is 2.36. The van der Waals surface area contributed by atoms with Gasteiger partial charge in [0.2, 0.25) is 5.88 Å². The summed E-state index contributed by atoms with van der Waals surface area (Å²) in [6.45, 7) is 6.03. The van der Waals surface area contributed by atoms with E-state index in [4.69, 9.17) is 9.47 Å². The van der Waals surface area contributed by atoms with E-state index in [1.165, 1.54) is 10.4 Å². The van der Waals surface area contributed by atoms with Crippen LogP contribution in [0.25, 0.3) is 0 Å². The fourth-order valence-corrected chi connectivity index (χ4v) is 4.49. The van der Waals surface area contributed by atoms with Gasteiger partial charge in [-0.1, -0.05) is 6.07 Å². The maximum Gasteiger partial charge on any atom is 0.213 e. The number of thiophene rings is 1. The maximum atomic E-state index is 6.11. The predicted molar refractivity (Wildman–Crippen MR) is 90.9 cm³/mol. The third-order valence-corrected chi connectivity index (χ3v) is 5.74. The van der Waals surface area contributed by atoms with Crippen LogP contribution < -0.4 is 4.74 Å². The number of likely N-dealkylation sites (tertiary alicyclic amines) is 1. The van der Waals surface area contributed by atoms with Crippen LogP contribution in [-0.4, -0.2) is 41.3 Å². The number of aryl methyl sites for hydroxylation is 1. The van der Waals surface area contributed by atoms with Crippen LogP contribution in [-0.2, 0) is 11.3 Å². The molecule has 2 aliphatic heterocycles. The first-order chi connectivity index (χ1) is 11.2. The van der Waals surface area contributed by atoms with Crippen LogP contribution >= 0.6 is 11.3 Å². The molecule has 0 bridgehead atoms. The first-order valence-electron chi connectivity index (χ1n) is 8.19. The van der Waals surface area contributed by atoms with Gasteiger partial charge in [0.25, 0.3) is 0 Å². The van der Waals surface area contributed by atoms with Crippen LogP contribution in [0, 0.1) is 6.92 Å². The van der Waals surface area contributed by atoms with Gasteiger partial charge in [-0.2, -0.15) is 0 Å².